The molecule has 1 amide bonds. The topological polar surface area (TPSA) is 52.6 Å². The average Bonchev–Trinajstić information content (AvgIpc) is 2.43. The van der Waals surface area contributed by atoms with E-state index in [1.807, 2.05) is 4.90 Å². The molecule has 2 aliphatic rings. The zero-order chi connectivity index (χ0) is 10.1. The van der Waals surface area contributed by atoms with Crippen LogP contribution in [0, 0.1) is 11.8 Å². The number of hydrogen-bond acceptors (Lipinski definition) is 3. The summed E-state index contributed by atoms with van der Waals surface area (Å²) in [5, 5.41) is 12.3. The van der Waals surface area contributed by atoms with Gasteiger partial charge < -0.3 is 15.3 Å². The van der Waals surface area contributed by atoms with E-state index in [-0.39, 0.29) is 24.5 Å². The Morgan fingerprint density at radius 1 is 1.57 bits per heavy atom. The summed E-state index contributed by atoms with van der Waals surface area (Å²) in [5.74, 6) is 0.832. The van der Waals surface area contributed by atoms with E-state index in [2.05, 4.69) is 12.2 Å². The zero-order valence-electron chi connectivity index (χ0n) is 8.57. The van der Waals surface area contributed by atoms with E-state index >= 15 is 0 Å². The van der Waals surface area contributed by atoms with Gasteiger partial charge in [-0.25, -0.2) is 0 Å². The third-order valence-electron chi connectivity index (χ3n) is 3.48. The molecule has 0 saturated carbocycles. The molecular formula is C10H18N2O2. The van der Waals surface area contributed by atoms with E-state index in [9.17, 15) is 9.90 Å². The van der Waals surface area contributed by atoms with Crippen molar-refractivity contribution in [1.29, 1.82) is 0 Å². The van der Waals surface area contributed by atoms with E-state index in [0.29, 0.717) is 5.92 Å². The van der Waals surface area contributed by atoms with Crippen molar-refractivity contribution >= 4 is 5.91 Å². The summed E-state index contributed by atoms with van der Waals surface area (Å²) in [5.41, 5.74) is 0. The minimum Gasteiger partial charge on any atom is -0.394 e. The van der Waals surface area contributed by atoms with Crippen molar-refractivity contribution in [2.75, 3.05) is 26.2 Å². The summed E-state index contributed by atoms with van der Waals surface area (Å²) in [7, 11) is 0. The van der Waals surface area contributed by atoms with Crippen molar-refractivity contribution in [3.05, 3.63) is 0 Å². The molecule has 4 heteroatoms. The Bertz CT molecular complexity index is 228. The average molecular weight is 198 g/mol. The lowest BCUT2D eigenvalue weighted by Gasteiger charge is -2.33. The first kappa shape index (κ1) is 9.93. The molecule has 0 bridgehead atoms. The van der Waals surface area contributed by atoms with Gasteiger partial charge in [-0.3, -0.25) is 4.79 Å². The molecule has 14 heavy (non-hydrogen) atoms. The largest absolute Gasteiger partial charge is 0.394 e. The highest BCUT2D eigenvalue weighted by Gasteiger charge is 2.38. The summed E-state index contributed by atoms with van der Waals surface area (Å²) in [6.45, 7) is 4.64. The summed E-state index contributed by atoms with van der Waals surface area (Å²) in [6, 6.07) is 0.0584. The van der Waals surface area contributed by atoms with Gasteiger partial charge >= 0.3 is 0 Å². The molecule has 2 unspecified atom stereocenters. The fourth-order valence-corrected chi connectivity index (χ4v) is 2.26. The molecule has 0 aromatic rings. The second-order valence-corrected chi connectivity index (χ2v) is 4.40. The van der Waals surface area contributed by atoms with Crippen LogP contribution in [0.5, 0.6) is 0 Å². The third-order valence-corrected chi connectivity index (χ3v) is 3.48. The maximum atomic E-state index is 11.9. The molecule has 0 aliphatic carbocycles. The van der Waals surface area contributed by atoms with Crippen LogP contribution in [0.25, 0.3) is 0 Å². The lowest BCUT2D eigenvalue weighted by molar-refractivity contribution is -0.139. The smallest absolute Gasteiger partial charge is 0.228 e. The van der Waals surface area contributed by atoms with Crippen molar-refractivity contribution in [2.45, 2.75) is 19.4 Å². The number of aliphatic hydroxyl groups is 1. The number of hydrogen-bond donors (Lipinski definition) is 2. The van der Waals surface area contributed by atoms with Gasteiger partial charge in [0.1, 0.15) is 0 Å². The summed E-state index contributed by atoms with van der Waals surface area (Å²) in [6.07, 6.45) is 1.02. The Hall–Kier alpha value is -0.610. The highest BCUT2D eigenvalue weighted by Crippen LogP contribution is 2.25. The molecule has 0 aromatic heterocycles. The fourth-order valence-electron chi connectivity index (χ4n) is 2.26. The number of amides is 1. The van der Waals surface area contributed by atoms with Crippen LogP contribution in [0.3, 0.4) is 0 Å². The second-order valence-electron chi connectivity index (χ2n) is 4.40. The van der Waals surface area contributed by atoms with Crippen molar-refractivity contribution in [3.63, 3.8) is 0 Å². The second kappa shape index (κ2) is 3.87. The van der Waals surface area contributed by atoms with E-state index in [1.165, 1.54) is 0 Å². The highest BCUT2D eigenvalue weighted by molar-refractivity contribution is 5.80. The van der Waals surface area contributed by atoms with Crippen LogP contribution in [-0.4, -0.2) is 48.2 Å². The lowest BCUT2D eigenvalue weighted by Crippen LogP contribution is -2.54. The molecular weight excluding hydrogens is 180 g/mol. The van der Waals surface area contributed by atoms with Crippen LogP contribution in [0.2, 0.25) is 0 Å². The molecule has 0 spiro atoms. The van der Waals surface area contributed by atoms with Gasteiger partial charge in [0, 0.05) is 19.6 Å². The summed E-state index contributed by atoms with van der Waals surface area (Å²) < 4.78 is 0. The Morgan fingerprint density at radius 2 is 2.29 bits per heavy atom. The Labute approximate surface area is 84.3 Å². The van der Waals surface area contributed by atoms with Gasteiger partial charge in [-0.2, -0.15) is 0 Å². The SMILES string of the molecule is CC1CCN(C(=O)C2CNC2)C1CO. The lowest BCUT2D eigenvalue weighted by atomic mass is 10.00. The number of rotatable bonds is 2. The Morgan fingerprint density at radius 3 is 2.79 bits per heavy atom. The molecule has 80 valence electrons. The molecule has 2 rings (SSSR count). The summed E-state index contributed by atoms with van der Waals surface area (Å²) in [4.78, 5) is 13.8. The van der Waals surface area contributed by atoms with Gasteiger partial charge in [0.05, 0.1) is 18.6 Å². The maximum absolute atomic E-state index is 11.9. The first-order valence-corrected chi connectivity index (χ1v) is 5.36. The molecule has 4 nitrogen and oxygen atoms in total. The quantitative estimate of drug-likeness (QED) is 0.625. The molecule has 0 radical (unpaired) electrons. The monoisotopic (exact) mass is 198 g/mol. The van der Waals surface area contributed by atoms with Crippen molar-refractivity contribution in [2.24, 2.45) is 11.8 Å². The normalized spacial score (nSPS) is 33.1. The van der Waals surface area contributed by atoms with Gasteiger partial charge in [0.25, 0.3) is 0 Å². The van der Waals surface area contributed by atoms with Gasteiger partial charge in [-0.05, 0) is 12.3 Å². The third kappa shape index (κ3) is 1.53. The number of aliphatic hydroxyl groups excluding tert-OH is 1. The van der Waals surface area contributed by atoms with E-state index in [0.717, 1.165) is 26.1 Å². The fraction of sp³-hybridized carbons (Fsp3) is 0.900. The van der Waals surface area contributed by atoms with Crippen LogP contribution in [0.4, 0.5) is 0 Å². The summed E-state index contributed by atoms with van der Waals surface area (Å²) >= 11 is 0. The van der Waals surface area contributed by atoms with Gasteiger partial charge in [0.2, 0.25) is 5.91 Å². The van der Waals surface area contributed by atoms with Gasteiger partial charge in [-0.1, -0.05) is 6.92 Å². The minimum atomic E-state index is 0.0584. The van der Waals surface area contributed by atoms with E-state index in [4.69, 9.17) is 0 Å². The van der Waals surface area contributed by atoms with Crippen molar-refractivity contribution in [1.82, 2.24) is 10.2 Å². The molecule has 2 heterocycles. The van der Waals surface area contributed by atoms with Crippen molar-refractivity contribution in [3.8, 4) is 0 Å². The van der Waals surface area contributed by atoms with Crippen LogP contribution < -0.4 is 5.32 Å². The number of carbonyl (C=O) groups is 1. The van der Waals surface area contributed by atoms with Crippen molar-refractivity contribution < 1.29 is 9.90 Å². The number of nitrogens with zero attached hydrogens (tertiary/aromatic N) is 1. The van der Waals surface area contributed by atoms with Crippen LogP contribution >= 0.6 is 0 Å². The molecule has 2 aliphatic heterocycles. The zero-order valence-corrected chi connectivity index (χ0v) is 8.57. The number of carbonyl (C=O) groups excluding carboxylic acids is 1. The van der Waals surface area contributed by atoms with Gasteiger partial charge in [0.15, 0.2) is 0 Å². The predicted molar refractivity (Wildman–Crippen MR) is 52.7 cm³/mol. The highest BCUT2D eigenvalue weighted by atomic mass is 16.3. The standard InChI is InChI=1S/C10H18N2O2/c1-7-2-3-12(9(7)6-13)10(14)8-4-11-5-8/h7-9,11,13H,2-6H2,1H3. The van der Waals surface area contributed by atoms with E-state index < -0.39 is 0 Å². The molecule has 2 atom stereocenters. The van der Waals surface area contributed by atoms with Crippen LogP contribution in [0.15, 0.2) is 0 Å². The van der Waals surface area contributed by atoms with Crippen LogP contribution in [-0.2, 0) is 4.79 Å². The Kier molecular flexibility index (Phi) is 2.74. The first-order chi connectivity index (χ1) is 6.74. The first-order valence-electron chi connectivity index (χ1n) is 5.36. The molecule has 2 N–H and O–H groups in total. The van der Waals surface area contributed by atoms with Crippen LogP contribution in [0.1, 0.15) is 13.3 Å². The van der Waals surface area contributed by atoms with E-state index in [1.54, 1.807) is 0 Å². The minimum absolute atomic E-state index is 0.0584. The molecule has 0 aromatic carbocycles. The molecule has 2 saturated heterocycles. The maximum Gasteiger partial charge on any atom is 0.228 e. The number of likely N-dealkylation sites (tertiary alicyclic amines) is 1. The predicted octanol–water partition coefficient (Wildman–Crippen LogP) is -0.565. The Balaban J connectivity index is 1.98. The number of nitrogens with one attached hydrogen (secondary N) is 1. The van der Waals surface area contributed by atoms with Gasteiger partial charge in [-0.15, -0.1) is 0 Å². The molecule has 2 fully saturated rings.